The molecule has 0 saturated heterocycles. The van der Waals surface area contributed by atoms with Crippen LogP contribution in [0.1, 0.15) is 0 Å². The highest BCUT2D eigenvalue weighted by Gasteiger charge is 2.33. The first kappa shape index (κ1) is 11.2. The highest BCUT2D eigenvalue weighted by Crippen LogP contribution is 2.21. The van der Waals surface area contributed by atoms with Gasteiger partial charge in [-0.3, -0.25) is 0 Å². The molecule has 0 unspecified atom stereocenters. The Morgan fingerprint density at radius 2 is 1.67 bits per heavy atom. The first-order valence-electron chi connectivity index (χ1n) is 4.36. The molecule has 0 heterocycles. The van der Waals surface area contributed by atoms with Crippen molar-refractivity contribution in [2.45, 2.75) is 0 Å². The quantitative estimate of drug-likeness (QED) is 0.602. The maximum Gasteiger partial charge on any atom is 0.413 e. The summed E-state index contributed by atoms with van der Waals surface area (Å²) < 4.78 is 5.01. The average molecular weight is 270 g/mol. The standard InChI is InChI=1S/C10H7Cl2OSi2/c11-15(12,13-14)10-7-3-5-8-4-1-2-6-9(8)10/h1-7H. The van der Waals surface area contributed by atoms with Crippen LogP contribution < -0.4 is 5.19 Å². The van der Waals surface area contributed by atoms with Crippen LogP contribution in [0.5, 0.6) is 0 Å². The van der Waals surface area contributed by atoms with Gasteiger partial charge in [0.15, 0.2) is 0 Å². The van der Waals surface area contributed by atoms with E-state index >= 15 is 0 Å². The molecule has 5 heteroatoms. The van der Waals surface area contributed by atoms with Gasteiger partial charge in [-0.05, 0) is 10.8 Å². The van der Waals surface area contributed by atoms with E-state index in [9.17, 15) is 0 Å². The number of halogens is 2. The van der Waals surface area contributed by atoms with Gasteiger partial charge in [0.2, 0.25) is 10.5 Å². The molecule has 3 radical (unpaired) electrons. The van der Waals surface area contributed by atoms with Gasteiger partial charge in [-0.25, -0.2) is 0 Å². The molecular weight excluding hydrogens is 263 g/mol. The van der Waals surface area contributed by atoms with E-state index in [0.717, 1.165) is 16.0 Å². The summed E-state index contributed by atoms with van der Waals surface area (Å²) in [4.78, 5) is 0. The summed E-state index contributed by atoms with van der Waals surface area (Å²) in [6.45, 7) is -2.86. The first-order valence-corrected chi connectivity index (χ1v) is 8.70. The normalized spacial score (nSPS) is 11.9. The van der Waals surface area contributed by atoms with Crippen LogP contribution in [-0.2, 0) is 4.12 Å². The van der Waals surface area contributed by atoms with Crippen molar-refractivity contribution in [3.05, 3.63) is 42.5 Å². The van der Waals surface area contributed by atoms with Gasteiger partial charge in [0.25, 0.3) is 0 Å². The Morgan fingerprint density at radius 3 is 2.40 bits per heavy atom. The van der Waals surface area contributed by atoms with Gasteiger partial charge in [-0.15, -0.1) is 22.2 Å². The Balaban J connectivity index is 2.71. The van der Waals surface area contributed by atoms with E-state index in [2.05, 4.69) is 10.5 Å². The summed E-state index contributed by atoms with van der Waals surface area (Å²) >= 11 is 12.3. The molecular formula is C10H7Cl2OSi2. The van der Waals surface area contributed by atoms with E-state index < -0.39 is 6.94 Å². The van der Waals surface area contributed by atoms with Crippen LogP contribution in [0, 0.1) is 0 Å². The van der Waals surface area contributed by atoms with Crippen molar-refractivity contribution in [2.75, 3.05) is 0 Å². The van der Waals surface area contributed by atoms with E-state index in [4.69, 9.17) is 26.3 Å². The second-order valence-corrected chi connectivity index (χ2v) is 9.31. The largest absolute Gasteiger partial charge is 0.431 e. The fourth-order valence-electron chi connectivity index (χ4n) is 1.53. The first-order chi connectivity index (χ1) is 7.15. The van der Waals surface area contributed by atoms with Gasteiger partial charge in [-0.2, -0.15) is 0 Å². The highest BCUT2D eigenvalue weighted by molar-refractivity contribution is 7.49. The minimum Gasteiger partial charge on any atom is -0.431 e. The second-order valence-electron chi connectivity index (χ2n) is 3.15. The zero-order valence-corrected chi connectivity index (χ0v) is 11.2. The van der Waals surface area contributed by atoms with Crippen molar-refractivity contribution in [1.29, 1.82) is 0 Å². The van der Waals surface area contributed by atoms with Gasteiger partial charge in [0, 0.05) is 5.19 Å². The zero-order valence-electron chi connectivity index (χ0n) is 7.71. The van der Waals surface area contributed by atoms with E-state index in [-0.39, 0.29) is 0 Å². The smallest absolute Gasteiger partial charge is 0.413 e. The van der Waals surface area contributed by atoms with Crippen LogP contribution in [0.15, 0.2) is 42.5 Å². The lowest BCUT2D eigenvalue weighted by molar-refractivity contribution is 0.660. The summed E-state index contributed by atoms with van der Waals surface area (Å²) in [6, 6.07) is 13.8. The SMILES string of the molecule is [Si]O[Si](Cl)(Cl)c1cccc2ccccc12. The van der Waals surface area contributed by atoms with Crippen molar-refractivity contribution < 1.29 is 4.12 Å². The van der Waals surface area contributed by atoms with Gasteiger partial charge >= 0.3 is 6.94 Å². The summed E-state index contributed by atoms with van der Waals surface area (Å²) in [5.74, 6) is 0. The van der Waals surface area contributed by atoms with Crippen LogP contribution in [0.4, 0.5) is 0 Å². The van der Waals surface area contributed by atoms with Crippen molar-refractivity contribution in [3.8, 4) is 0 Å². The van der Waals surface area contributed by atoms with Gasteiger partial charge in [0.05, 0.1) is 0 Å². The van der Waals surface area contributed by atoms with Gasteiger partial charge in [0.1, 0.15) is 0 Å². The molecule has 1 nitrogen and oxygen atoms in total. The van der Waals surface area contributed by atoms with Crippen LogP contribution in [0.3, 0.4) is 0 Å². The molecule has 0 aliphatic heterocycles. The van der Waals surface area contributed by atoms with Gasteiger partial charge in [-0.1, -0.05) is 42.5 Å². The zero-order chi connectivity index (χ0) is 10.9. The lowest BCUT2D eigenvalue weighted by Gasteiger charge is -2.16. The second kappa shape index (κ2) is 4.27. The molecule has 75 valence electrons. The van der Waals surface area contributed by atoms with E-state index in [0.29, 0.717) is 0 Å². The van der Waals surface area contributed by atoms with Crippen molar-refractivity contribution >= 4 is 55.5 Å². The lowest BCUT2D eigenvalue weighted by Crippen LogP contribution is -2.39. The molecule has 0 N–H and O–H groups in total. The molecule has 15 heavy (non-hydrogen) atoms. The average Bonchev–Trinajstić information content (AvgIpc) is 2.28. The van der Waals surface area contributed by atoms with Crippen molar-refractivity contribution in [2.24, 2.45) is 0 Å². The number of hydrogen-bond donors (Lipinski definition) is 0. The molecule has 0 fully saturated rings. The number of hydrogen-bond acceptors (Lipinski definition) is 1. The predicted molar refractivity (Wildman–Crippen MR) is 67.9 cm³/mol. The van der Waals surface area contributed by atoms with Crippen LogP contribution in [0.25, 0.3) is 10.8 Å². The van der Waals surface area contributed by atoms with E-state index in [1.807, 2.05) is 42.5 Å². The molecule has 2 aromatic carbocycles. The topological polar surface area (TPSA) is 9.23 Å². The molecule has 0 spiro atoms. The van der Waals surface area contributed by atoms with Crippen molar-refractivity contribution in [1.82, 2.24) is 0 Å². The Bertz CT molecular complexity index is 482. The Kier molecular flexibility index (Phi) is 3.18. The summed E-state index contributed by atoms with van der Waals surface area (Å²) in [5, 5.41) is 3.01. The minimum atomic E-state index is -2.86. The van der Waals surface area contributed by atoms with Crippen LogP contribution >= 0.6 is 22.2 Å². The Morgan fingerprint density at radius 1 is 1.00 bits per heavy atom. The van der Waals surface area contributed by atoms with E-state index in [1.54, 1.807) is 0 Å². The monoisotopic (exact) mass is 269 g/mol. The van der Waals surface area contributed by atoms with Crippen LogP contribution in [0.2, 0.25) is 0 Å². The molecule has 2 rings (SSSR count). The fraction of sp³-hybridized carbons (Fsp3) is 0. The maximum absolute atomic E-state index is 6.16. The number of rotatable bonds is 2. The van der Waals surface area contributed by atoms with E-state index in [1.165, 1.54) is 0 Å². The molecule has 0 atom stereocenters. The summed E-state index contributed by atoms with van der Waals surface area (Å²) in [7, 11) is 2.94. The Labute approximate surface area is 102 Å². The third-order valence-electron chi connectivity index (χ3n) is 2.23. The Hall–Kier alpha value is -0.326. The molecule has 0 saturated carbocycles. The predicted octanol–water partition coefficient (Wildman–Crippen LogP) is 2.56. The third-order valence-corrected chi connectivity index (χ3v) is 6.93. The molecule has 0 bridgehead atoms. The minimum absolute atomic E-state index is 0.860. The summed E-state index contributed by atoms with van der Waals surface area (Å²) in [5.41, 5.74) is 0. The summed E-state index contributed by atoms with van der Waals surface area (Å²) in [6.07, 6.45) is 0. The maximum atomic E-state index is 6.16. The highest BCUT2D eigenvalue weighted by atomic mass is 35.7. The molecule has 0 aromatic heterocycles. The molecule has 0 aliphatic carbocycles. The van der Waals surface area contributed by atoms with Crippen molar-refractivity contribution in [3.63, 3.8) is 0 Å². The number of fused-ring (bicyclic) bond motifs is 1. The van der Waals surface area contributed by atoms with Gasteiger partial charge < -0.3 is 4.12 Å². The lowest BCUT2D eigenvalue weighted by atomic mass is 10.1. The molecule has 2 aromatic rings. The van der Waals surface area contributed by atoms with Crippen LogP contribution in [-0.4, -0.2) is 17.4 Å². The molecule has 0 aliphatic rings. The number of benzene rings is 2. The molecule has 0 amide bonds. The third kappa shape index (κ3) is 2.12. The fourth-order valence-corrected chi connectivity index (χ4v) is 3.79.